The van der Waals surface area contributed by atoms with E-state index in [2.05, 4.69) is 29.8 Å². The minimum absolute atomic E-state index is 0.185. The predicted octanol–water partition coefficient (Wildman–Crippen LogP) is 3.63. The van der Waals surface area contributed by atoms with Crippen LogP contribution in [0.2, 0.25) is 0 Å². The number of likely N-dealkylation sites (tertiary alicyclic amines) is 1. The minimum Gasteiger partial charge on any atom is -0.338 e. The molecule has 0 saturated carbocycles. The Labute approximate surface area is 109 Å². The smallest absolute Gasteiger partial charge is 0.265 e. The van der Waals surface area contributed by atoms with Crippen LogP contribution in [0.4, 0.5) is 0 Å². The second-order valence-electron chi connectivity index (χ2n) is 4.64. The highest BCUT2D eigenvalue weighted by Gasteiger charge is 2.29. The molecule has 1 amide bonds. The fourth-order valence-electron chi connectivity index (χ4n) is 2.11. The molecular formula is C12H16BrNOS. The summed E-state index contributed by atoms with van der Waals surface area (Å²) < 4.78 is 0.926. The number of carbonyl (C=O) groups is 1. The Morgan fingerprint density at radius 1 is 1.62 bits per heavy atom. The van der Waals surface area contributed by atoms with E-state index in [-0.39, 0.29) is 5.91 Å². The van der Waals surface area contributed by atoms with Gasteiger partial charge in [-0.1, -0.05) is 13.8 Å². The van der Waals surface area contributed by atoms with E-state index in [1.807, 2.05) is 16.3 Å². The largest absolute Gasteiger partial charge is 0.338 e. The number of rotatable bonds is 2. The Kier molecular flexibility index (Phi) is 3.70. The Morgan fingerprint density at radius 3 is 2.88 bits per heavy atom. The van der Waals surface area contributed by atoms with Crippen molar-refractivity contribution in [3.05, 3.63) is 20.8 Å². The highest BCUT2D eigenvalue weighted by atomic mass is 79.9. The van der Waals surface area contributed by atoms with Crippen molar-refractivity contribution in [2.24, 2.45) is 11.8 Å². The molecule has 1 fully saturated rings. The van der Waals surface area contributed by atoms with E-state index >= 15 is 0 Å². The molecule has 0 bridgehead atoms. The molecule has 1 atom stereocenters. The quantitative estimate of drug-likeness (QED) is 0.817. The maximum Gasteiger partial charge on any atom is 0.265 e. The second-order valence-corrected chi connectivity index (χ2v) is 6.41. The van der Waals surface area contributed by atoms with Gasteiger partial charge in [0.05, 0.1) is 0 Å². The van der Waals surface area contributed by atoms with Crippen LogP contribution in [0.25, 0.3) is 0 Å². The molecular weight excluding hydrogens is 286 g/mol. The van der Waals surface area contributed by atoms with Crippen molar-refractivity contribution in [2.45, 2.75) is 20.3 Å². The van der Waals surface area contributed by atoms with Gasteiger partial charge in [0.25, 0.3) is 5.91 Å². The van der Waals surface area contributed by atoms with E-state index in [0.717, 1.165) is 28.9 Å². The van der Waals surface area contributed by atoms with Gasteiger partial charge in [0, 0.05) is 17.6 Å². The zero-order chi connectivity index (χ0) is 11.7. The molecule has 1 unspecified atom stereocenters. The Bertz CT molecular complexity index is 388. The molecule has 0 spiro atoms. The molecule has 0 N–H and O–H groups in total. The summed E-state index contributed by atoms with van der Waals surface area (Å²) in [5.41, 5.74) is 0. The summed E-state index contributed by atoms with van der Waals surface area (Å²) in [6.07, 6.45) is 1.15. The summed E-state index contributed by atoms with van der Waals surface area (Å²) in [5.74, 6) is 1.53. The topological polar surface area (TPSA) is 20.3 Å². The summed E-state index contributed by atoms with van der Waals surface area (Å²) in [4.78, 5) is 15.0. The monoisotopic (exact) mass is 301 g/mol. The van der Waals surface area contributed by atoms with Crippen LogP contribution in [0.1, 0.15) is 29.9 Å². The molecule has 1 aliphatic rings. The lowest BCUT2D eigenvalue weighted by atomic mass is 9.95. The number of nitrogens with zero attached hydrogens (tertiary/aromatic N) is 1. The van der Waals surface area contributed by atoms with E-state index in [9.17, 15) is 4.79 Å². The van der Waals surface area contributed by atoms with Crippen molar-refractivity contribution in [1.82, 2.24) is 4.90 Å². The third-order valence-corrected chi connectivity index (χ3v) is 5.09. The second kappa shape index (κ2) is 4.88. The zero-order valence-corrected chi connectivity index (χ0v) is 12.0. The Balaban J connectivity index is 2.05. The summed E-state index contributed by atoms with van der Waals surface area (Å²) in [7, 11) is 0. The van der Waals surface area contributed by atoms with Gasteiger partial charge in [-0.2, -0.15) is 0 Å². The molecule has 0 aliphatic carbocycles. The van der Waals surface area contributed by atoms with Gasteiger partial charge in [0.15, 0.2) is 0 Å². The standard InChI is InChI=1S/C12H16BrNOS/c1-8(2)9-3-5-14(7-9)12(15)11-10(13)4-6-16-11/h4,6,8-9H,3,5,7H2,1-2H3. The molecule has 16 heavy (non-hydrogen) atoms. The fraction of sp³-hybridized carbons (Fsp3) is 0.583. The Morgan fingerprint density at radius 2 is 2.38 bits per heavy atom. The van der Waals surface area contributed by atoms with Crippen molar-refractivity contribution >= 4 is 33.2 Å². The van der Waals surface area contributed by atoms with Crippen LogP contribution in [0.5, 0.6) is 0 Å². The van der Waals surface area contributed by atoms with E-state index in [4.69, 9.17) is 0 Å². The highest BCUT2D eigenvalue weighted by Crippen LogP contribution is 2.29. The van der Waals surface area contributed by atoms with Crippen molar-refractivity contribution in [3.8, 4) is 0 Å². The summed E-state index contributed by atoms with van der Waals surface area (Å²) in [6.45, 7) is 6.30. The molecule has 2 heterocycles. The Hall–Kier alpha value is -0.350. The van der Waals surface area contributed by atoms with E-state index < -0.39 is 0 Å². The molecule has 4 heteroatoms. The molecule has 0 radical (unpaired) electrons. The lowest BCUT2D eigenvalue weighted by Gasteiger charge is -2.17. The van der Waals surface area contributed by atoms with Crippen LogP contribution in [0.15, 0.2) is 15.9 Å². The first-order chi connectivity index (χ1) is 7.59. The van der Waals surface area contributed by atoms with Gasteiger partial charge >= 0.3 is 0 Å². The van der Waals surface area contributed by atoms with E-state index in [1.54, 1.807) is 0 Å². The highest BCUT2D eigenvalue weighted by molar-refractivity contribution is 9.10. The van der Waals surface area contributed by atoms with Gasteiger partial charge in [-0.3, -0.25) is 4.79 Å². The lowest BCUT2D eigenvalue weighted by molar-refractivity contribution is 0.0788. The van der Waals surface area contributed by atoms with Crippen molar-refractivity contribution in [1.29, 1.82) is 0 Å². The first kappa shape index (κ1) is 12.1. The maximum atomic E-state index is 12.2. The average molecular weight is 302 g/mol. The molecule has 1 aliphatic heterocycles. The lowest BCUT2D eigenvalue weighted by Crippen LogP contribution is -2.28. The molecule has 2 nitrogen and oxygen atoms in total. The molecule has 2 rings (SSSR count). The first-order valence-corrected chi connectivity index (χ1v) is 7.29. The number of hydrogen-bond donors (Lipinski definition) is 0. The molecule has 1 aromatic heterocycles. The zero-order valence-electron chi connectivity index (χ0n) is 9.57. The minimum atomic E-state index is 0.185. The molecule has 0 aromatic carbocycles. The van der Waals surface area contributed by atoms with Crippen LogP contribution in [0, 0.1) is 11.8 Å². The van der Waals surface area contributed by atoms with Crippen LogP contribution < -0.4 is 0 Å². The van der Waals surface area contributed by atoms with Crippen LogP contribution in [-0.2, 0) is 0 Å². The third-order valence-electron chi connectivity index (χ3n) is 3.27. The van der Waals surface area contributed by atoms with E-state index in [0.29, 0.717) is 11.8 Å². The van der Waals surface area contributed by atoms with Gasteiger partial charge in [-0.15, -0.1) is 11.3 Å². The number of amides is 1. The van der Waals surface area contributed by atoms with E-state index in [1.165, 1.54) is 11.3 Å². The first-order valence-electron chi connectivity index (χ1n) is 5.62. The normalized spacial score (nSPS) is 20.8. The van der Waals surface area contributed by atoms with Crippen LogP contribution >= 0.6 is 27.3 Å². The van der Waals surface area contributed by atoms with Gasteiger partial charge in [0.1, 0.15) is 4.88 Å². The third kappa shape index (κ3) is 2.33. The van der Waals surface area contributed by atoms with Crippen molar-refractivity contribution in [3.63, 3.8) is 0 Å². The predicted molar refractivity (Wildman–Crippen MR) is 70.9 cm³/mol. The molecule has 88 valence electrons. The average Bonchev–Trinajstić information content (AvgIpc) is 2.84. The number of carbonyl (C=O) groups excluding carboxylic acids is 1. The van der Waals surface area contributed by atoms with Crippen molar-refractivity contribution < 1.29 is 4.79 Å². The maximum absolute atomic E-state index is 12.2. The van der Waals surface area contributed by atoms with Crippen molar-refractivity contribution in [2.75, 3.05) is 13.1 Å². The number of halogens is 1. The fourth-order valence-corrected chi connectivity index (χ4v) is 3.61. The summed E-state index contributed by atoms with van der Waals surface area (Å²) >= 11 is 4.94. The summed E-state index contributed by atoms with van der Waals surface area (Å²) in [5, 5.41) is 1.95. The van der Waals surface area contributed by atoms with Crippen LogP contribution in [0.3, 0.4) is 0 Å². The molecule has 1 aromatic rings. The number of thiophene rings is 1. The summed E-state index contributed by atoms with van der Waals surface area (Å²) in [6, 6.07) is 1.94. The van der Waals surface area contributed by atoms with Gasteiger partial charge in [0.2, 0.25) is 0 Å². The van der Waals surface area contributed by atoms with Gasteiger partial charge in [-0.25, -0.2) is 0 Å². The van der Waals surface area contributed by atoms with Gasteiger partial charge in [-0.05, 0) is 45.6 Å². The SMILES string of the molecule is CC(C)C1CCN(C(=O)c2sccc2Br)C1. The van der Waals surface area contributed by atoms with Gasteiger partial charge < -0.3 is 4.90 Å². The van der Waals surface area contributed by atoms with Crippen LogP contribution in [-0.4, -0.2) is 23.9 Å². The number of hydrogen-bond acceptors (Lipinski definition) is 2. The molecule has 1 saturated heterocycles.